The van der Waals surface area contributed by atoms with E-state index in [1.165, 1.54) is 334 Å². The number of ether oxygens (including phenoxy) is 1. The van der Waals surface area contributed by atoms with Crippen LogP contribution in [0.15, 0.2) is 36.5 Å². The maximum absolute atomic E-state index is 12.5. The van der Waals surface area contributed by atoms with Crippen molar-refractivity contribution in [3.8, 4) is 0 Å². The van der Waals surface area contributed by atoms with Gasteiger partial charge in [-0.15, -0.1) is 0 Å². The van der Waals surface area contributed by atoms with Crippen LogP contribution in [0.1, 0.15) is 418 Å². The highest BCUT2D eigenvalue weighted by molar-refractivity contribution is 5.76. The Morgan fingerprint density at radius 2 is 0.602 bits per heavy atom. The van der Waals surface area contributed by atoms with Gasteiger partial charge in [0, 0.05) is 12.8 Å². The maximum Gasteiger partial charge on any atom is 0.305 e. The predicted octanol–water partition coefficient (Wildman–Crippen LogP) is 24.7. The fourth-order valence-electron chi connectivity index (χ4n) is 11.9. The van der Waals surface area contributed by atoms with Crippen LogP contribution in [0.3, 0.4) is 0 Å². The highest BCUT2D eigenvalue weighted by Gasteiger charge is 2.20. The fourth-order valence-corrected chi connectivity index (χ4v) is 11.9. The minimum absolute atomic E-state index is 0.0134. The van der Waals surface area contributed by atoms with Crippen molar-refractivity contribution in [1.29, 1.82) is 0 Å². The summed E-state index contributed by atoms with van der Waals surface area (Å²) >= 11 is 0. The molecular weight excluding hydrogens is 1020 g/mol. The molecule has 490 valence electrons. The molecule has 6 nitrogen and oxygen atoms in total. The van der Waals surface area contributed by atoms with E-state index in [1.54, 1.807) is 0 Å². The Kier molecular flexibility index (Phi) is 70.9. The summed E-state index contributed by atoms with van der Waals surface area (Å²) in [7, 11) is 0. The Hall–Kier alpha value is -1.92. The summed E-state index contributed by atoms with van der Waals surface area (Å²) in [5.74, 6) is -0.0177. The van der Waals surface area contributed by atoms with Crippen molar-refractivity contribution >= 4 is 11.9 Å². The molecular formula is C77H147NO5. The second-order valence-electron chi connectivity index (χ2n) is 26.0. The second-order valence-corrected chi connectivity index (χ2v) is 26.0. The average molecular weight is 1170 g/mol. The number of nitrogens with one attached hydrogen (secondary N) is 1. The summed E-state index contributed by atoms with van der Waals surface area (Å²) in [5.41, 5.74) is 0. The summed E-state index contributed by atoms with van der Waals surface area (Å²) < 4.78 is 5.50. The molecule has 2 unspecified atom stereocenters. The number of aliphatic hydroxyl groups excluding tert-OH is 2. The summed E-state index contributed by atoms with van der Waals surface area (Å²) in [4.78, 5) is 24.6. The Bertz CT molecular complexity index is 1340. The van der Waals surface area contributed by atoms with E-state index < -0.39 is 12.1 Å². The molecule has 0 saturated heterocycles. The third-order valence-corrected chi connectivity index (χ3v) is 17.7. The zero-order chi connectivity index (χ0) is 59.9. The molecule has 6 heteroatoms. The first-order valence-electron chi connectivity index (χ1n) is 37.7. The summed E-state index contributed by atoms with van der Waals surface area (Å²) in [5, 5.41) is 23.2. The number of amides is 1. The molecule has 0 rings (SSSR count). The van der Waals surface area contributed by atoms with Gasteiger partial charge in [-0.05, 0) is 83.5 Å². The summed E-state index contributed by atoms with van der Waals surface area (Å²) in [6, 6.07) is -0.538. The minimum Gasteiger partial charge on any atom is -0.466 e. The van der Waals surface area contributed by atoms with E-state index in [9.17, 15) is 19.8 Å². The lowest BCUT2D eigenvalue weighted by Gasteiger charge is -2.22. The van der Waals surface area contributed by atoms with E-state index in [2.05, 4.69) is 55.6 Å². The average Bonchev–Trinajstić information content (AvgIpc) is 3.49. The quantitative estimate of drug-likeness (QED) is 0.0320. The number of unbranched alkanes of at least 4 members (excludes halogenated alkanes) is 54. The van der Waals surface area contributed by atoms with E-state index in [4.69, 9.17) is 4.74 Å². The molecule has 0 spiro atoms. The van der Waals surface area contributed by atoms with Crippen molar-refractivity contribution in [3.05, 3.63) is 36.5 Å². The molecule has 3 N–H and O–H groups in total. The SMILES string of the molecule is CCCCCCCCC/C=C\CCCCCCCC(=O)OCCCCCCCCCCCCCCCCC/C=C\C/C=C\CCCCCCCCCCCCCCCCCCCC(=O)NC(CO)C(O)CCCCCCCCCCCCC. The Balaban J connectivity index is 3.33. The molecule has 0 saturated carbocycles. The monoisotopic (exact) mass is 1170 g/mol. The first-order chi connectivity index (χ1) is 41.0. The maximum atomic E-state index is 12.5. The zero-order valence-electron chi connectivity index (χ0n) is 56.2. The van der Waals surface area contributed by atoms with E-state index in [-0.39, 0.29) is 18.5 Å². The fraction of sp³-hybridized carbons (Fsp3) is 0.896. The molecule has 0 aromatic carbocycles. The van der Waals surface area contributed by atoms with Crippen molar-refractivity contribution in [2.24, 2.45) is 0 Å². The van der Waals surface area contributed by atoms with Gasteiger partial charge >= 0.3 is 5.97 Å². The molecule has 0 radical (unpaired) electrons. The van der Waals surface area contributed by atoms with Gasteiger partial charge in [0.1, 0.15) is 0 Å². The highest BCUT2D eigenvalue weighted by atomic mass is 16.5. The summed E-state index contributed by atoms with van der Waals surface area (Å²) in [6.45, 7) is 4.97. The lowest BCUT2D eigenvalue weighted by molar-refractivity contribution is -0.143. The van der Waals surface area contributed by atoms with Crippen LogP contribution in [-0.4, -0.2) is 47.4 Å². The van der Waals surface area contributed by atoms with Crippen LogP contribution >= 0.6 is 0 Å². The standard InChI is InChI=1S/C77H147NO5/c1-3-5-7-9-11-13-15-16-17-44-47-51-55-59-63-67-71-77(82)83-72-68-64-60-56-52-48-45-42-40-38-36-34-32-30-28-26-24-22-20-18-19-21-23-25-27-29-31-33-35-37-39-41-43-46-50-54-58-62-66-70-76(81)78-74(73-79)75(80)69-65-61-57-53-49-14-12-10-8-6-4-2/h17-19,22,24,44,74-75,79-80H,3-16,20-21,23,25-43,45-73H2,1-2H3,(H,78,81)/b19-18-,24-22-,44-17-. The normalized spacial score (nSPS) is 12.7. The molecule has 0 heterocycles. The molecule has 2 atom stereocenters. The molecule has 0 aliphatic carbocycles. The van der Waals surface area contributed by atoms with Crippen molar-refractivity contribution in [2.75, 3.05) is 13.2 Å². The van der Waals surface area contributed by atoms with Crippen LogP contribution in [0.5, 0.6) is 0 Å². The van der Waals surface area contributed by atoms with Crippen LogP contribution in [0, 0.1) is 0 Å². The number of rotatable bonds is 71. The summed E-state index contributed by atoms with van der Waals surface area (Å²) in [6.07, 6.45) is 93.8. The molecule has 0 aromatic heterocycles. The number of hydrogen-bond donors (Lipinski definition) is 3. The van der Waals surface area contributed by atoms with Crippen LogP contribution in [0.2, 0.25) is 0 Å². The van der Waals surface area contributed by atoms with Gasteiger partial charge in [0.25, 0.3) is 0 Å². The third kappa shape index (κ3) is 69.1. The van der Waals surface area contributed by atoms with Crippen LogP contribution in [-0.2, 0) is 14.3 Å². The van der Waals surface area contributed by atoms with Crippen molar-refractivity contribution in [3.63, 3.8) is 0 Å². The van der Waals surface area contributed by atoms with Crippen LogP contribution in [0.25, 0.3) is 0 Å². The Morgan fingerprint density at radius 1 is 0.337 bits per heavy atom. The van der Waals surface area contributed by atoms with Gasteiger partial charge in [0.15, 0.2) is 0 Å². The van der Waals surface area contributed by atoms with Crippen molar-refractivity contribution < 1.29 is 24.5 Å². The van der Waals surface area contributed by atoms with Gasteiger partial charge in [-0.2, -0.15) is 0 Å². The molecule has 1 amide bonds. The van der Waals surface area contributed by atoms with Gasteiger partial charge < -0.3 is 20.3 Å². The third-order valence-electron chi connectivity index (χ3n) is 17.7. The largest absolute Gasteiger partial charge is 0.466 e. The lowest BCUT2D eigenvalue weighted by atomic mass is 10.0. The first kappa shape index (κ1) is 81.1. The molecule has 0 aromatic rings. The number of esters is 1. The molecule has 0 fully saturated rings. The number of aliphatic hydroxyl groups is 2. The molecule has 0 aliphatic heterocycles. The molecule has 0 bridgehead atoms. The zero-order valence-corrected chi connectivity index (χ0v) is 56.2. The van der Waals surface area contributed by atoms with Crippen LogP contribution < -0.4 is 5.32 Å². The number of hydrogen-bond acceptors (Lipinski definition) is 5. The van der Waals surface area contributed by atoms with E-state index in [0.29, 0.717) is 25.9 Å². The van der Waals surface area contributed by atoms with E-state index >= 15 is 0 Å². The van der Waals surface area contributed by atoms with Crippen LogP contribution in [0.4, 0.5) is 0 Å². The highest BCUT2D eigenvalue weighted by Crippen LogP contribution is 2.19. The van der Waals surface area contributed by atoms with Crippen molar-refractivity contribution in [1.82, 2.24) is 5.32 Å². The Labute approximate surface area is 519 Å². The minimum atomic E-state index is -0.660. The topological polar surface area (TPSA) is 95.9 Å². The van der Waals surface area contributed by atoms with Gasteiger partial charge in [-0.25, -0.2) is 0 Å². The smallest absolute Gasteiger partial charge is 0.305 e. The van der Waals surface area contributed by atoms with Gasteiger partial charge in [-0.3, -0.25) is 9.59 Å². The number of carbonyl (C=O) groups excluding carboxylic acids is 2. The van der Waals surface area contributed by atoms with E-state index in [1.807, 2.05) is 0 Å². The number of carbonyl (C=O) groups is 2. The molecule has 83 heavy (non-hydrogen) atoms. The number of allylic oxidation sites excluding steroid dienone is 6. The van der Waals surface area contributed by atoms with Gasteiger partial charge in [0.2, 0.25) is 5.91 Å². The van der Waals surface area contributed by atoms with Gasteiger partial charge in [0.05, 0.1) is 25.4 Å². The molecule has 0 aliphatic rings. The predicted molar refractivity (Wildman–Crippen MR) is 366 cm³/mol. The van der Waals surface area contributed by atoms with Gasteiger partial charge in [-0.1, -0.05) is 359 Å². The first-order valence-corrected chi connectivity index (χ1v) is 37.7. The Morgan fingerprint density at radius 3 is 0.928 bits per heavy atom. The van der Waals surface area contributed by atoms with E-state index in [0.717, 1.165) is 51.4 Å². The lowest BCUT2D eigenvalue weighted by Crippen LogP contribution is -2.45. The second kappa shape index (κ2) is 72.6. The van der Waals surface area contributed by atoms with Crippen molar-refractivity contribution in [2.45, 2.75) is 431 Å².